The minimum Gasteiger partial charge on any atom is -0.368 e. The summed E-state index contributed by atoms with van der Waals surface area (Å²) in [6, 6.07) is 9.11. The van der Waals surface area contributed by atoms with Gasteiger partial charge in [0, 0.05) is 17.2 Å². The lowest BCUT2D eigenvalue weighted by Crippen LogP contribution is -2.39. The Kier molecular flexibility index (Phi) is 5.29. The number of hydrogen-bond donors (Lipinski definition) is 1. The molecule has 0 spiro atoms. The van der Waals surface area contributed by atoms with E-state index in [1.165, 1.54) is 30.3 Å². The van der Waals surface area contributed by atoms with Gasteiger partial charge in [0.2, 0.25) is 5.91 Å². The number of nitrogens with zero attached hydrogens (tertiary/aromatic N) is 2. The molecule has 2 aromatic carbocycles. The number of halogens is 1. The van der Waals surface area contributed by atoms with Crippen LogP contribution in [0, 0.1) is 17.0 Å². The molecule has 10 heteroatoms. The Morgan fingerprint density at radius 2 is 1.92 bits per heavy atom. The molecule has 8 nitrogen and oxygen atoms in total. The number of sulfonamides is 1. The predicted octanol–water partition coefficient (Wildman–Crippen LogP) is 2.24. The van der Waals surface area contributed by atoms with E-state index >= 15 is 0 Å². The highest BCUT2D eigenvalue weighted by molar-refractivity contribution is 7.92. The van der Waals surface area contributed by atoms with E-state index in [4.69, 9.17) is 17.3 Å². The van der Waals surface area contributed by atoms with Crippen molar-refractivity contribution in [2.75, 3.05) is 10.8 Å². The van der Waals surface area contributed by atoms with Crippen LogP contribution in [0.15, 0.2) is 47.4 Å². The Morgan fingerprint density at radius 1 is 1.28 bits per heavy atom. The van der Waals surface area contributed by atoms with Gasteiger partial charge in [-0.1, -0.05) is 23.7 Å². The molecule has 0 atom stereocenters. The Bertz CT molecular complexity index is 946. The zero-order valence-electron chi connectivity index (χ0n) is 13.0. The summed E-state index contributed by atoms with van der Waals surface area (Å²) in [5.41, 5.74) is 5.39. The first-order valence-electron chi connectivity index (χ1n) is 6.95. The monoisotopic (exact) mass is 383 g/mol. The summed E-state index contributed by atoms with van der Waals surface area (Å²) in [7, 11) is -4.28. The van der Waals surface area contributed by atoms with E-state index in [2.05, 4.69) is 0 Å². The third kappa shape index (κ3) is 3.89. The van der Waals surface area contributed by atoms with Crippen LogP contribution in [0.1, 0.15) is 5.56 Å². The van der Waals surface area contributed by atoms with E-state index < -0.39 is 27.4 Å². The molecular formula is C15H14ClN3O5S. The van der Waals surface area contributed by atoms with Crippen LogP contribution >= 0.6 is 11.6 Å². The molecule has 0 aromatic heterocycles. The quantitative estimate of drug-likeness (QED) is 0.605. The van der Waals surface area contributed by atoms with Gasteiger partial charge in [0.25, 0.3) is 15.7 Å². The number of rotatable bonds is 6. The topological polar surface area (TPSA) is 124 Å². The van der Waals surface area contributed by atoms with Crippen molar-refractivity contribution in [1.82, 2.24) is 0 Å². The maximum Gasteiger partial charge on any atom is 0.270 e. The van der Waals surface area contributed by atoms with Crippen LogP contribution in [0.4, 0.5) is 11.4 Å². The predicted molar refractivity (Wildman–Crippen MR) is 93.0 cm³/mol. The zero-order valence-corrected chi connectivity index (χ0v) is 14.6. The number of carbonyl (C=O) groups excluding carboxylic acids is 1. The van der Waals surface area contributed by atoms with Gasteiger partial charge in [-0.05, 0) is 30.7 Å². The van der Waals surface area contributed by atoms with Gasteiger partial charge in [-0.25, -0.2) is 8.42 Å². The normalized spacial score (nSPS) is 11.1. The average molecular weight is 384 g/mol. The maximum absolute atomic E-state index is 13.0. The summed E-state index contributed by atoms with van der Waals surface area (Å²) in [4.78, 5) is 21.3. The van der Waals surface area contributed by atoms with Crippen molar-refractivity contribution >= 4 is 38.9 Å². The van der Waals surface area contributed by atoms with Crippen LogP contribution in [0.2, 0.25) is 5.02 Å². The van der Waals surface area contributed by atoms with E-state index in [0.717, 1.165) is 10.4 Å². The Hall–Kier alpha value is -2.65. The maximum atomic E-state index is 13.0. The van der Waals surface area contributed by atoms with Gasteiger partial charge in [0.1, 0.15) is 6.54 Å². The summed E-state index contributed by atoms with van der Waals surface area (Å²) in [5.74, 6) is -0.881. The second kappa shape index (κ2) is 7.08. The van der Waals surface area contributed by atoms with Gasteiger partial charge in [0.05, 0.1) is 15.5 Å². The van der Waals surface area contributed by atoms with E-state index in [9.17, 15) is 23.3 Å². The van der Waals surface area contributed by atoms with Crippen molar-refractivity contribution in [3.05, 3.63) is 63.2 Å². The van der Waals surface area contributed by atoms with Crippen LogP contribution in [0.25, 0.3) is 0 Å². The van der Waals surface area contributed by atoms with Crippen LogP contribution in [0.5, 0.6) is 0 Å². The first-order valence-corrected chi connectivity index (χ1v) is 8.77. The summed E-state index contributed by atoms with van der Waals surface area (Å²) >= 11 is 6.03. The van der Waals surface area contributed by atoms with Crippen molar-refractivity contribution in [2.24, 2.45) is 5.73 Å². The molecule has 0 radical (unpaired) electrons. The molecule has 0 saturated heterocycles. The fraction of sp³-hybridized carbons (Fsp3) is 0.133. The average Bonchev–Trinajstić information content (AvgIpc) is 2.55. The van der Waals surface area contributed by atoms with Gasteiger partial charge in [-0.2, -0.15) is 0 Å². The molecular weight excluding hydrogens is 370 g/mol. The molecule has 0 aliphatic carbocycles. The third-order valence-corrected chi connectivity index (χ3v) is 5.59. The molecule has 2 N–H and O–H groups in total. The lowest BCUT2D eigenvalue weighted by atomic mass is 10.2. The van der Waals surface area contributed by atoms with Crippen LogP contribution in [-0.2, 0) is 14.8 Å². The number of non-ortho nitro benzene ring substituents is 1. The van der Waals surface area contributed by atoms with Crippen LogP contribution < -0.4 is 10.0 Å². The number of primary amides is 1. The second-order valence-corrected chi connectivity index (χ2v) is 7.39. The number of hydrogen-bond acceptors (Lipinski definition) is 5. The van der Waals surface area contributed by atoms with E-state index in [-0.39, 0.29) is 16.3 Å². The first-order chi connectivity index (χ1) is 11.6. The molecule has 0 saturated carbocycles. The highest BCUT2D eigenvalue weighted by Crippen LogP contribution is 2.31. The molecule has 2 rings (SSSR count). The lowest BCUT2D eigenvalue weighted by molar-refractivity contribution is -0.385. The van der Waals surface area contributed by atoms with Crippen molar-refractivity contribution in [3.63, 3.8) is 0 Å². The summed E-state index contributed by atoms with van der Waals surface area (Å²) in [6.45, 7) is 0.959. The van der Waals surface area contributed by atoms with Crippen LogP contribution in [-0.4, -0.2) is 25.8 Å². The van der Waals surface area contributed by atoms with Crippen molar-refractivity contribution in [3.8, 4) is 0 Å². The number of nitro groups is 1. The van der Waals surface area contributed by atoms with E-state index in [1.807, 2.05) is 0 Å². The minimum absolute atomic E-state index is 0.165. The molecule has 132 valence electrons. The van der Waals surface area contributed by atoms with Crippen molar-refractivity contribution in [2.45, 2.75) is 11.8 Å². The van der Waals surface area contributed by atoms with Gasteiger partial charge in [0.15, 0.2) is 0 Å². The highest BCUT2D eigenvalue weighted by atomic mass is 35.5. The SMILES string of the molecule is Cc1c(Cl)cccc1N(CC(N)=O)S(=O)(=O)c1cccc([N+](=O)[O-])c1. The summed E-state index contributed by atoms with van der Waals surface area (Å²) in [6.07, 6.45) is 0. The number of benzene rings is 2. The minimum atomic E-state index is -4.28. The summed E-state index contributed by atoms with van der Waals surface area (Å²) < 4.78 is 26.7. The van der Waals surface area contributed by atoms with E-state index in [1.54, 1.807) is 13.0 Å². The number of nitro benzene ring substituents is 1. The molecule has 1 amide bonds. The zero-order chi connectivity index (χ0) is 18.8. The molecule has 0 bridgehead atoms. The number of carbonyl (C=O) groups is 1. The largest absolute Gasteiger partial charge is 0.368 e. The Labute approximate surface area is 149 Å². The molecule has 0 heterocycles. The first kappa shape index (κ1) is 18.7. The molecule has 0 unspecified atom stereocenters. The molecule has 0 fully saturated rings. The highest BCUT2D eigenvalue weighted by Gasteiger charge is 2.29. The smallest absolute Gasteiger partial charge is 0.270 e. The molecule has 25 heavy (non-hydrogen) atoms. The number of nitrogens with two attached hydrogens (primary N) is 1. The molecule has 2 aromatic rings. The Balaban J connectivity index is 2.64. The van der Waals surface area contributed by atoms with Crippen molar-refractivity contribution in [1.29, 1.82) is 0 Å². The Morgan fingerprint density at radius 3 is 2.52 bits per heavy atom. The van der Waals surface area contributed by atoms with Gasteiger partial charge >= 0.3 is 0 Å². The standard InChI is InChI=1S/C15H14ClN3O5S/c1-10-13(16)6-3-7-14(10)18(9-15(17)20)25(23,24)12-5-2-4-11(8-12)19(21)22/h2-8H,9H2,1H3,(H2,17,20). The van der Waals surface area contributed by atoms with E-state index in [0.29, 0.717) is 10.6 Å². The van der Waals surface area contributed by atoms with Crippen LogP contribution in [0.3, 0.4) is 0 Å². The fourth-order valence-electron chi connectivity index (χ4n) is 2.19. The molecule has 0 aliphatic heterocycles. The van der Waals surface area contributed by atoms with Gasteiger partial charge < -0.3 is 5.73 Å². The van der Waals surface area contributed by atoms with Gasteiger partial charge in [-0.15, -0.1) is 0 Å². The fourth-order valence-corrected chi connectivity index (χ4v) is 3.89. The number of anilines is 1. The second-order valence-electron chi connectivity index (χ2n) is 5.12. The summed E-state index contributed by atoms with van der Waals surface area (Å²) in [5, 5.41) is 11.2. The third-order valence-electron chi connectivity index (χ3n) is 3.42. The van der Waals surface area contributed by atoms with Crippen molar-refractivity contribution < 1.29 is 18.1 Å². The van der Waals surface area contributed by atoms with Gasteiger partial charge in [-0.3, -0.25) is 19.2 Å². The molecule has 0 aliphatic rings. The number of amides is 1. The lowest BCUT2D eigenvalue weighted by Gasteiger charge is -2.25.